The van der Waals surface area contributed by atoms with Gasteiger partial charge in [0, 0.05) is 12.6 Å². The maximum atomic E-state index is 12.4. The molecule has 0 atom stereocenters. The largest absolute Gasteiger partial charge is 0.468 e. The molecule has 1 fully saturated rings. The normalized spacial score (nSPS) is 15.4. The smallest absolute Gasteiger partial charge is 0.325 e. The van der Waals surface area contributed by atoms with Gasteiger partial charge in [0.25, 0.3) is 0 Å². The number of carbonyl (C=O) groups excluding carboxylic acids is 2. The molecule has 0 unspecified atom stereocenters. The van der Waals surface area contributed by atoms with E-state index in [1.54, 1.807) is 4.90 Å². The predicted molar refractivity (Wildman–Crippen MR) is 82.9 cm³/mol. The van der Waals surface area contributed by atoms with Crippen LogP contribution in [0.25, 0.3) is 0 Å². The first-order valence-electron chi connectivity index (χ1n) is 8.18. The Hall–Kier alpha value is -1.10. The fourth-order valence-electron chi connectivity index (χ4n) is 2.81. The summed E-state index contributed by atoms with van der Waals surface area (Å²) in [6, 6.07) is 0.460. The molecule has 0 spiro atoms. The summed E-state index contributed by atoms with van der Waals surface area (Å²) < 4.78 is 4.70. The van der Waals surface area contributed by atoms with Crippen LogP contribution >= 0.6 is 0 Å². The average Bonchev–Trinajstić information content (AvgIpc) is 3.02. The van der Waals surface area contributed by atoms with Crippen molar-refractivity contribution in [2.75, 3.05) is 26.7 Å². The molecule has 1 saturated carbocycles. The molecule has 0 aromatic rings. The minimum Gasteiger partial charge on any atom is -0.468 e. The van der Waals surface area contributed by atoms with Crippen LogP contribution in [0.15, 0.2) is 0 Å². The third kappa shape index (κ3) is 6.46. The third-order valence-electron chi connectivity index (χ3n) is 4.43. The zero-order valence-corrected chi connectivity index (χ0v) is 13.7. The molecule has 0 aliphatic heterocycles. The molecule has 1 aliphatic carbocycles. The van der Waals surface area contributed by atoms with Crippen molar-refractivity contribution in [3.8, 4) is 0 Å². The van der Waals surface area contributed by atoms with Gasteiger partial charge in [-0.25, -0.2) is 0 Å². The number of hydrogen-bond donors (Lipinski definition) is 1. The van der Waals surface area contributed by atoms with Crippen LogP contribution in [0.1, 0.15) is 52.4 Å². The van der Waals surface area contributed by atoms with E-state index in [4.69, 9.17) is 4.74 Å². The zero-order valence-electron chi connectivity index (χ0n) is 13.7. The van der Waals surface area contributed by atoms with Crippen LogP contribution in [0.4, 0.5) is 0 Å². The van der Waals surface area contributed by atoms with Gasteiger partial charge < -0.3 is 15.0 Å². The van der Waals surface area contributed by atoms with Gasteiger partial charge in [0.2, 0.25) is 5.91 Å². The fourth-order valence-corrected chi connectivity index (χ4v) is 2.81. The van der Waals surface area contributed by atoms with Gasteiger partial charge in [-0.1, -0.05) is 39.5 Å². The van der Waals surface area contributed by atoms with Crippen LogP contribution < -0.4 is 5.32 Å². The minimum atomic E-state index is -0.352. The molecular formula is C16H30N2O3. The number of amides is 1. The lowest BCUT2D eigenvalue weighted by molar-refractivity contribution is -0.147. The molecule has 122 valence electrons. The lowest BCUT2D eigenvalue weighted by Crippen LogP contribution is -2.45. The lowest BCUT2D eigenvalue weighted by Gasteiger charge is -2.26. The Bertz CT molecular complexity index is 323. The topological polar surface area (TPSA) is 58.6 Å². The molecule has 5 nitrogen and oxygen atoms in total. The Balaban J connectivity index is 2.51. The van der Waals surface area contributed by atoms with Crippen molar-refractivity contribution in [2.45, 2.75) is 58.4 Å². The summed E-state index contributed by atoms with van der Waals surface area (Å²) in [7, 11) is 1.36. The molecule has 1 rings (SSSR count). The van der Waals surface area contributed by atoms with Crippen LogP contribution in [-0.4, -0.2) is 49.6 Å². The van der Waals surface area contributed by atoms with Crippen molar-refractivity contribution >= 4 is 11.9 Å². The number of carbonyl (C=O) groups is 2. The standard InChI is InChI=1S/C16H30N2O3/c1-4-13(5-2)11-18(12-16(20)21-3)15(19)10-17-14-8-6-7-9-14/h13-14,17H,4-12H2,1-3H3. The Labute approximate surface area is 128 Å². The molecule has 0 heterocycles. The Morgan fingerprint density at radius 1 is 1.24 bits per heavy atom. The molecule has 21 heavy (non-hydrogen) atoms. The number of nitrogens with one attached hydrogen (secondary N) is 1. The second-order valence-corrected chi connectivity index (χ2v) is 5.90. The van der Waals surface area contributed by atoms with Gasteiger partial charge in [-0.15, -0.1) is 0 Å². The first-order valence-corrected chi connectivity index (χ1v) is 8.18. The Morgan fingerprint density at radius 3 is 2.38 bits per heavy atom. The maximum Gasteiger partial charge on any atom is 0.325 e. The van der Waals surface area contributed by atoms with E-state index in [9.17, 15) is 9.59 Å². The van der Waals surface area contributed by atoms with E-state index in [-0.39, 0.29) is 18.4 Å². The highest BCUT2D eigenvalue weighted by atomic mass is 16.5. The van der Waals surface area contributed by atoms with Crippen molar-refractivity contribution < 1.29 is 14.3 Å². The summed E-state index contributed by atoms with van der Waals surface area (Å²) in [6.45, 7) is 5.24. The predicted octanol–water partition coefficient (Wildman–Crippen LogP) is 1.96. The number of nitrogens with zero attached hydrogens (tertiary/aromatic N) is 1. The molecule has 5 heteroatoms. The highest BCUT2D eigenvalue weighted by molar-refractivity contribution is 5.83. The lowest BCUT2D eigenvalue weighted by atomic mass is 10.0. The second kappa shape index (κ2) is 9.77. The SMILES string of the molecule is CCC(CC)CN(CC(=O)OC)C(=O)CNC1CCCC1. The average molecular weight is 298 g/mol. The van der Waals surface area contributed by atoms with Gasteiger partial charge in [-0.3, -0.25) is 9.59 Å². The van der Waals surface area contributed by atoms with Gasteiger partial charge in [0.05, 0.1) is 13.7 Å². The van der Waals surface area contributed by atoms with Gasteiger partial charge in [0.1, 0.15) is 6.54 Å². The van der Waals surface area contributed by atoms with Gasteiger partial charge in [-0.05, 0) is 18.8 Å². The van der Waals surface area contributed by atoms with Crippen LogP contribution in [0, 0.1) is 5.92 Å². The number of ether oxygens (including phenoxy) is 1. The fraction of sp³-hybridized carbons (Fsp3) is 0.875. The van der Waals surface area contributed by atoms with Crippen molar-refractivity contribution in [2.24, 2.45) is 5.92 Å². The van der Waals surface area contributed by atoms with Crippen molar-refractivity contribution in [3.05, 3.63) is 0 Å². The number of hydrogen-bond acceptors (Lipinski definition) is 4. The first-order chi connectivity index (χ1) is 10.1. The summed E-state index contributed by atoms with van der Waals surface area (Å²) in [5.41, 5.74) is 0. The van der Waals surface area contributed by atoms with Gasteiger partial charge in [-0.2, -0.15) is 0 Å². The van der Waals surface area contributed by atoms with Gasteiger partial charge >= 0.3 is 5.97 Å². The molecular weight excluding hydrogens is 268 g/mol. The summed E-state index contributed by atoms with van der Waals surface area (Å²) in [6.07, 6.45) is 6.81. The molecule has 1 aliphatic rings. The minimum absolute atomic E-state index is 0.000741. The summed E-state index contributed by atoms with van der Waals surface area (Å²) in [4.78, 5) is 25.5. The molecule has 0 bridgehead atoms. The van der Waals surface area contributed by atoms with Crippen molar-refractivity contribution in [3.63, 3.8) is 0 Å². The van der Waals surface area contributed by atoms with Crippen molar-refractivity contribution in [1.29, 1.82) is 0 Å². The second-order valence-electron chi connectivity index (χ2n) is 5.90. The van der Waals surface area contributed by atoms with Crippen LogP contribution in [-0.2, 0) is 14.3 Å². The van der Waals surface area contributed by atoms with E-state index in [2.05, 4.69) is 19.2 Å². The Kier molecular flexibility index (Phi) is 8.35. The van der Waals surface area contributed by atoms with Crippen molar-refractivity contribution in [1.82, 2.24) is 10.2 Å². The molecule has 0 aromatic heterocycles. The zero-order chi connectivity index (χ0) is 15.7. The third-order valence-corrected chi connectivity index (χ3v) is 4.43. The van der Waals surface area contributed by atoms with E-state index in [1.165, 1.54) is 20.0 Å². The van der Waals surface area contributed by atoms with Crippen LogP contribution in [0.3, 0.4) is 0 Å². The van der Waals surface area contributed by atoms with E-state index >= 15 is 0 Å². The summed E-state index contributed by atoms with van der Waals surface area (Å²) >= 11 is 0. The number of esters is 1. The summed E-state index contributed by atoms with van der Waals surface area (Å²) in [5, 5.41) is 3.32. The molecule has 1 N–H and O–H groups in total. The highest BCUT2D eigenvalue weighted by Gasteiger charge is 2.22. The quantitative estimate of drug-likeness (QED) is 0.661. The van der Waals surface area contributed by atoms with E-state index in [0.29, 0.717) is 25.0 Å². The maximum absolute atomic E-state index is 12.4. The number of methoxy groups -OCH3 is 1. The Morgan fingerprint density at radius 2 is 1.86 bits per heavy atom. The molecule has 0 saturated heterocycles. The number of rotatable bonds is 9. The van der Waals surface area contributed by atoms with Crippen LogP contribution in [0.2, 0.25) is 0 Å². The monoisotopic (exact) mass is 298 g/mol. The highest BCUT2D eigenvalue weighted by Crippen LogP contribution is 2.17. The van der Waals surface area contributed by atoms with Gasteiger partial charge in [0.15, 0.2) is 0 Å². The van der Waals surface area contributed by atoms with Crippen LogP contribution in [0.5, 0.6) is 0 Å². The molecule has 0 aromatic carbocycles. The van der Waals surface area contributed by atoms with E-state index < -0.39 is 0 Å². The first kappa shape index (κ1) is 18.0. The van der Waals surface area contributed by atoms with E-state index in [0.717, 1.165) is 25.7 Å². The molecule has 1 amide bonds. The summed E-state index contributed by atoms with van der Waals surface area (Å²) in [5.74, 6) is 0.0828. The van der Waals surface area contributed by atoms with E-state index in [1.807, 2.05) is 0 Å². The molecule has 0 radical (unpaired) electrons.